The highest BCUT2D eigenvalue weighted by Crippen LogP contribution is 2.41. The number of urea groups is 1. The Bertz CT molecular complexity index is 2070. The standard InChI is InChI=1S/C42H53FN6O9/c1-3-9-35(50)42(15-6-5-7-16-42)36(51)22-28(10-8-17-45-40(44)56)38(53)46-29-13-11-27(12-14-29)26-58-41(57)49-20-18-48(19-21-49)34-24-33-30(23-32(34)43)37(52)31(39(54)55)25-47(33)4-2/h11-14,23-25,28H,3-10,15-22,26H2,1-2H3,(H,46,53)(H,54,55)(H3,44,45,56)/t28-/m1/s1. The van der Waals surface area contributed by atoms with Crippen LogP contribution in [0.4, 0.5) is 25.4 Å². The number of rotatable bonds is 17. The first-order valence-electron chi connectivity index (χ1n) is 20.0. The maximum absolute atomic E-state index is 15.3. The highest BCUT2D eigenvalue weighted by Gasteiger charge is 2.45. The van der Waals surface area contributed by atoms with Crippen LogP contribution in [0.15, 0.2) is 47.4 Å². The van der Waals surface area contributed by atoms with Crippen molar-refractivity contribution in [3.8, 4) is 0 Å². The van der Waals surface area contributed by atoms with Crippen molar-refractivity contribution in [3.63, 3.8) is 0 Å². The maximum atomic E-state index is 15.3. The molecule has 0 unspecified atom stereocenters. The summed E-state index contributed by atoms with van der Waals surface area (Å²) in [5, 5.41) is 14.8. The van der Waals surface area contributed by atoms with Crippen LogP contribution in [-0.2, 0) is 32.3 Å². The first-order valence-corrected chi connectivity index (χ1v) is 20.0. The van der Waals surface area contributed by atoms with Gasteiger partial charge in [0.1, 0.15) is 29.6 Å². The molecule has 1 aromatic heterocycles. The number of pyridine rings is 1. The van der Waals surface area contributed by atoms with Gasteiger partial charge >= 0.3 is 18.1 Å². The Morgan fingerprint density at radius 1 is 0.966 bits per heavy atom. The van der Waals surface area contributed by atoms with Gasteiger partial charge in [-0.05, 0) is 68.9 Å². The predicted octanol–water partition coefficient (Wildman–Crippen LogP) is 5.60. The molecular weight excluding hydrogens is 751 g/mol. The molecule has 15 nitrogen and oxygen atoms in total. The van der Waals surface area contributed by atoms with Gasteiger partial charge < -0.3 is 40.6 Å². The number of halogens is 1. The minimum Gasteiger partial charge on any atom is -0.477 e. The molecule has 1 aliphatic carbocycles. The van der Waals surface area contributed by atoms with Crippen LogP contribution in [0.3, 0.4) is 0 Å². The molecular formula is C42H53FN6O9. The number of benzene rings is 2. The average molecular weight is 805 g/mol. The van der Waals surface area contributed by atoms with Crippen molar-refractivity contribution in [3.05, 3.63) is 69.8 Å². The summed E-state index contributed by atoms with van der Waals surface area (Å²) in [4.78, 5) is 92.5. The molecule has 1 atom stereocenters. The largest absolute Gasteiger partial charge is 0.477 e. The number of piperazine rings is 1. The van der Waals surface area contributed by atoms with E-state index in [1.165, 1.54) is 17.2 Å². The van der Waals surface area contributed by atoms with Crippen molar-refractivity contribution in [1.82, 2.24) is 14.8 Å². The zero-order valence-electron chi connectivity index (χ0n) is 33.1. The third-order valence-corrected chi connectivity index (χ3v) is 11.3. The number of nitrogens with two attached hydrogens (primary N) is 1. The Balaban J connectivity index is 1.16. The summed E-state index contributed by atoms with van der Waals surface area (Å²) in [6, 6.07) is 8.66. The molecule has 0 radical (unpaired) electrons. The summed E-state index contributed by atoms with van der Waals surface area (Å²) in [6.45, 7) is 5.34. The number of primary amides is 1. The monoisotopic (exact) mass is 804 g/mol. The van der Waals surface area contributed by atoms with Gasteiger partial charge in [0.25, 0.3) is 0 Å². The van der Waals surface area contributed by atoms with Crippen LogP contribution in [0.5, 0.6) is 0 Å². The van der Waals surface area contributed by atoms with Crippen LogP contribution in [0.25, 0.3) is 10.9 Å². The lowest BCUT2D eigenvalue weighted by atomic mass is 9.65. The molecule has 2 heterocycles. The normalized spacial score (nSPS) is 15.7. The average Bonchev–Trinajstić information content (AvgIpc) is 3.21. The van der Waals surface area contributed by atoms with E-state index < -0.39 is 46.2 Å². The van der Waals surface area contributed by atoms with Crippen LogP contribution in [0.2, 0.25) is 0 Å². The van der Waals surface area contributed by atoms with Crippen LogP contribution < -0.4 is 26.7 Å². The molecule has 2 fully saturated rings. The van der Waals surface area contributed by atoms with Gasteiger partial charge in [-0.2, -0.15) is 0 Å². The topological polar surface area (TPSA) is 210 Å². The van der Waals surface area contributed by atoms with Crippen molar-refractivity contribution in [1.29, 1.82) is 0 Å². The second-order valence-electron chi connectivity index (χ2n) is 15.1. The molecule has 16 heteroatoms. The minimum absolute atomic E-state index is 0.0213. The number of carboxylic acid groups (broad SMARTS) is 1. The quantitative estimate of drug-likeness (QED) is 0.0980. The number of carbonyl (C=O) groups is 6. The number of hydrogen-bond acceptors (Lipinski definition) is 9. The summed E-state index contributed by atoms with van der Waals surface area (Å²) in [5.74, 6) is -3.41. The van der Waals surface area contributed by atoms with E-state index in [9.17, 15) is 38.7 Å². The molecule has 5 N–H and O–H groups in total. The lowest BCUT2D eigenvalue weighted by Gasteiger charge is -2.35. The molecule has 2 aromatic carbocycles. The number of aromatic nitrogens is 1. The summed E-state index contributed by atoms with van der Waals surface area (Å²) >= 11 is 0. The van der Waals surface area contributed by atoms with Gasteiger partial charge in [-0.3, -0.25) is 19.2 Å². The zero-order valence-corrected chi connectivity index (χ0v) is 33.1. The number of carbonyl (C=O) groups excluding carboxylic acids is 5. The summed E-state index contributed by atoms with van der Waals surface area (Å²) in [5.41, 5.74) is 4.74. The Hall–Kier alpha value is -5.80. The number of aryl methyl sites for hydroxylation is 1. The van der Waals surface area contributed by atoms with E-state index in [-0.39, 0.29) is 61.2 Å². The highest BCUT2D eigenvalue weighted by atomic mass is 19.1. The SMILES string of the molecule is CCCC(=O)C1(C(=O)C[C@@H](CCCNC(N)=O)C(=O)Nc2ccc(COC(=O)N3CCN(c4cc5c(cc4F)c(=O)c(C(=O)O)cn5CC)CC3)cc2)CCCCC1. The van der Waals surface area contributed by atoms with Crippen LogP contribution in [-0.4, -0.2) is 82.9 Å². The number of amides is 4. The maximum Gasteiger partial charge on any atom is 0.410 e. The number of anilines is 2. The fourth-order valence-corrected chi connectivity index (χ4v) is 7.99. The van der Waals surface area contributed by atoms with Crippen LogP contribution in [0, 0.1) is 17.2 Å². The molecule has 5 rings (SSSR count). The molecule has 4 amide bonds. The van der Waals surface area contributed by atoms with Gasteiger partial charge in [-0.25, -0.2) is 18.8 Å². The molecule has 2 aliphatic rings. The number of ketones is 2. The van der Waals surface area contributed by atoms with E-state index in [1.807, 2.05) is 6.92 Å². The Kier molecular flexibility index (Phi) is 14.6. The number of nitrogens with one attached hydrogen (secondary N) is 2. The fraction of sp³-hybridized carbons (Fsp3) is 0.500. The van der Waals surface area contributed by atoms with Gasteiger partial charge in [0.2, 0.25) is 11.3 Å². The molecule has 0 spiro atoms. The molecule has 1 aliphatic heterocycles. The van der Waals surface area contributed by atoms with E-state index in [4.69, 9.17) is 10.5 Å². The Morgan fingerprint density at radius 3 is 2.28 bits per heavy atom. The van der Waals surface area contributed by atoms with Crippen molar-refractivity contribution in [2.75, 3.05) is 42.9 Å². The van der Waals surface area contributed by atoms with E-state index in [1.54, 1.807) is 40.7 Å². The van der Waals surface area contributed by atoms with Gasteiger partial charge in [0.15, 0.2) is 0 Å². The second-order valence-corrected chi connectivity index (χ2v) is 15.1. The summed E-state index contributed by atoms with van der Waals surface area (Å²) < 4.78 is 22.5. The van der Waals surface area contributed by atoms with Crippen LogP contribution in [0.1, 0.15) is 94.0 Å². The van der Waals surface area contributed by atoms with E-state index >= 15 is 4.39 Å². The highest BCUT2D eigenvalue weighted by molar-refractivity contribution is 6.08. The van der Waals surface area contributed by atoms with E-state index in [2.05, 4.69) is 10.6 Å². The first kappa shape index (κ1) is 43.3. The zero-order chi connectivity index (χ0) is 42.0. The molecule has 1 saturated heterocycles. The first-order chi connectivity index (χ1) is 27.8. The minimum atomic E-state index is -1.38. The Labute approximate surface area is 336 Å². The number of fused-ring (bicyclic) bond motifs is 1. The molecule has 3 aromatic rings. The molecule has 1 saturated carbocycles. The number of ether oxygens (including phenoxy) is 1. The third kappa shape index (κ3) is 10.2. The Morgan fingerprint density at radius 2 is 1.66 bits per heavy atom. The fourth-order valence-electron chi connectivity index (χ4n) is 7.99. The van der Waals surface area contributed by atoms with Crippen molar-refractivity contribution in [2.24, 2.45) is 17.1 Å². The number of aromatic carboxylic acids is 1. The number of Topliss-reactive ketones (excluding diaryl/α,β-unsaturated/α-hetero) is 2. The molecule has 58 heavy (non-hydrogen) atoms. The summed E-state index contributed by atoms with van der Waals surface area (Å²) in [7, 11) is 0. The van der Waals surface area contributed by atoms with Crippen molar-refractivity contribution < 1.29 is 43.0 Å². The van der Waals surface area contributed by atoms with Gasteiger partial charge in [-0.1, -0.05) is 38.3 Å². The third-order valence-electron chi connectivity index (χ3n) is 11.3. The van der Waals surface area contributed by atoms with Crippen molar-refractivity contribution >= 4 is 57.8 Å². The van der Waals surface area contributed by atoms with Gasteiger partial charge in [0, 0.05) is 75.3 Å². The lowest BCUT2D eigenvalue weighted by molar-refractivity contribution is -0.145. The van der Waals surface area contributed by atoms with Gasteiger partial charge in [-0.15, -0.1) is 0 Å². The van der Waals surface area contributed by atoms with Gasteiger partial charge in [0.05, 0.1) is 16.6 Å². The van der Waals surface area contributed by atoms with Crippen molar-refractivity contribution in [2.45, 2.75) is 91.2 Å². The molecule has 312 valence electrons. The number of hydrogen-bond donors (Lipinski definition) is 4. The number of nitrogens with zero attached hydrogens (tertiary/aromatic N) is 3. The second kappa shape index (κ2) is 19.6. The van der Waals surface area contributed by atoms with E-state index in [0.717, 1.165) is 25.3 Å². The number of carboxylic acids is 1. The predicted molar refractivity (Wildman–Crippen MR) is 215 cm³/mol. The molecule has 0 bridgehead atoms. The lowest BCUT2D eigenvalue weighted by Crippen LogP contribution is -2.49. The smallest absolute Gasteiger partial charge is 0.410 e. The summed E-state index contributed by atoms with van der Waals surface area (Å²) in [6.07, 6.45) is 5.83. The van der Waals surface area contributed by atoms with Crippen LogP contribution >= 0.6 is 0 Å². The van der Waals surface area contributed by atoms with E-state index in [0.29, 0.717) is 74.9 Å².